The molecule has 0 amide bonds. The predicted molar refractivity (Wildman–Crippen MR) is 143 cm³/mol. The van der Waals surface area contributed by atoms with E-state index in [1.54, 1.807) is 6.07 Å². The van der Waals surface area contributed by atoms with Crippen LogP contribution in [0.15, 0.2) is 72.9 Å². The van der Waals surface area contributed by atoms with Crippen molar-refractivity contribution in [1.82, 2.24) is 9.88 Å². The van der Waals surface area contributed by atoms with Crippen molar-refractivity contribution in [1.29, 1.82) is 0 Å². The van der Waals surface area contributed by atoms with Gasteiger partial charge in [0.1, 0.15) is 11.6 Å². The van der Waals surface area contributed by atoms with Gasteiger partial charge in [0.25, 0.3) is 0 Å². The number of H-pyrrole nitrogens is 1. The number of para-hydroxylation sites is 2. The second-order valence-electron chi connectivity index (χ2n) is 9.40. The Morgan fingerprint density at radius 3 is 2.60 bits per heavy atom. The van der Waals surface area contributed by atoms with Crippen molar-refractivity contribution in [2.75, 3.05) is 56.6 Å². The Hall–Kier alpha value is -3.51. The molecule has 35 heavy (non-hydrogen) atoms. The molecule has 1 N–H and O–H groups in total. The fourth-order valence-corrected chi connectivity index (χ4v) is 4.82. The topological polar surface area (TPSA) is 34.7 Å². The second kappa shape index (κ2) is 10.4. The van der Waals surface area contributed by atoms with Crippen LogP contribution in [0.25, 0.3) is 10.9 Å². The summed E-state index contributed by atoms with van der Waals surface area (Å²) >= 11 is 0. The van der Waals surface area contributed by atoms with Gasteiger partial charge < -0.3 is 19.5 Å². The van der Waals surface area contributed by atoms with Crippen LogP contribution in [0.4, 0.5) is 15.8 Å². The van der Waals surface area contributed by atoms with Crippen molar-refractivity contribution in [3.63, 3.8) is 0 Å². The van der Waals surface area contributed by atoms with E-state index in [0.29, 0.717) is 0 Å². The van der Waals surface area contributed by atoms with E-state index < -0.39 is 0 Å². The average Bonchev–Trinajstić information content (AvgIpc) is 3.27. The Kier molecular flexibility index (Phi) is 6.91. The average molecular weight is 473 g/mol. The maximum atomic E-state index is 13.6. The summed E-state index contributed by atoms with van der Waals surface area (Å²) in [4.78, 5) is 10.3. The molecule has 4 aromatic rings. The van der Waals surface area contributed by atoms with Crippen LogP contribution in [0.3, 0.4) is 0 Å². The highest BCUT2D eigenvalue weighted by atomic mass is 19.1. The molecule has 3 aromatic carbocycles. The van der Waals surface area contributed by atoms with Crippen LogP contribution in [0.2, 0.25) is 0 Å². The van der Waals surface area contributed by atoms with E-state index in [9.17, 15) is 4.39 Å². The van der Waals surface area contributed by atoms with Gasteiger partial charge in [-0.15, -0.1) is 0 Å². The van der Waals surface area contributed by atoms with Gasteiger partial charge in [-0.3, -0.25) is 4.90 Å². The van der Waals surface area contributed by atoms with Gasteiger partial charge in [0, 0.05) is 69.1 Å². The number of anilines is 2. The minimum atomic E-state index is -0.177. The molecule has 1 saturated heterocycles. The minimum absolute atomic E-state index is 0.177. The second-order valence-corrected chi connectivity index (χ2v) is 9.40. The number of ether oxygens (including phenoxy) is 1. The molecule has 0 aliphatic carbocycles. The number of halogens is 1. The van der Waals surface area contributed by atoms with E-state index in [1.807, 2.05) is 50.6 Å². The van der Waals surface area contributed by atoms with Gasteiger partial charge in [-0.1, -0.05) is 18.2 Å². The molecule has 0 bridgehead atoms. The molecule has 5 nitrogen and oxygen atoms in total. The first-order valence-electron chi connectivity index (χ1n) is 12.3. The molecular weight excluding hydrogens is 439 g/mol. The maximum Gasteiger partial charge on any atom is 0.150 e. The SMILES string of the molecule is CN(C)c1cccc(Oc2ccccc2N2CCN(CCCc3c[nH]c4ccc(F)cc34)CC2)c1. The lowest BCUT2D eigenvalue weighted by Crippen LogP contribution is -2.46. The Morgan fingerprint density at radius 1 is 0.943 bits per heavy atom. The molecule has 6 heteroatoms. The van der Waals surface area contributed by atoms with Gasteiger partial charge in [-0.05, 0) is 67.4 Å². The standard InChI is InChI=1S/C29H33FN4O/c1-32(2)24-8-5-9-25(20-24)35-29-11-4-3-10-28(29)34-17-15-33(16-18-34)14-6-7-22-21-31-27-13-12-23(30)19-26(22)27/h3-5,8-13,19-21,31H,6-7,14-18H2,1-2H3. The summed E-state index contributed by atoms with van der Waals surface area (Å²) in [5, 5.41) is 1.00. The highest BCUT2D eigenvalue weighted by Gasteiger charge is 2.20. The van der Waals surface area contributed by atoms with Crippen LogP contribution in [-0.2, 0) is 6.42 Å². The van der Waals surface area contributed by atoms with Crippen molar-refractivity contribution < 1.29 is 9.13 Å². The van der Waals surface area contributed by atoms with Gasteiger partial charge in [-0.25, -0.2) is 4.39 Å². The highest BCUT2D eigenvalue weighted by molar-refractivity contribution is 5.83. The van der Waals surface area contributed by atoms with Crippen LogP contribution in [0, 0.1) is 5.82 Å². The van der Waals surface area contributed by atoms with Crippen LogP contribution < -0.4 is 14.5 Å². The summed E-state index contributed by atoms with van der Waals surface area (Å²) in [6.45, 7) is 5.03. The van der Waals surface area contributed by atoms with Gasteiger partial charge in [0.2, 0.25) is 0 Å². The summed E-state index contributed by atoms with van der Waals surface area (Å²) < 4.78 is 20.0. The minimum Gasteiger partial charge on any atom is -0.455 e. The zero-order valence-electron chi connectivity index (χ0n) is 20.5. The first-order chi connectivity index (χ1) is 17.1. The van der Waals surface area contributed by atoms with E-state index in [2.05, 4.69) is 43.9 Å². The molecule has 1 aromatic heterocycles. The van der Waals surface area contributed by atoms with Gasteiger partial charge in [-0.2, -0.15) is 0 Å². The van der Waals surface area contributed by atoms with E-state index >= 15 is 0 Å². The largest absolute Gasteiger partial charge is 0.455 e. The Labute approximate surface area is 206 Å². The highest BCUT2D eigenvalue weighted by Crippen LogP contribution is 2.34. The molecule has 1 aliphatic heterocycles. The van der Waals surface area contributed by atoms with Crippen molar-refractivity contribution in [2.24, 2.45) is 0 Å². The van der Waals surface area contributed by atoms with Crippen LogP contribution in [-0.4, -0.2) is 56.7 Å². The Balaban J connectivity index is 1.16. The lowest BCUT2D eigenvalue weighted by Gasteiger charge is -2.36. The van der Waals surface area contributed by atoms with Gasteiger partial charge in [0.15, 0.2) is 5.75 Å². The summed E-state index contributed by atoms with van der Waals surface area (Å²) in [5.74, 6) is 1.56. The number of rotatable bonds is 8. The number of nitrogens with one attached hydrogen (secondary N) is 1. The zero-order chi connectivity index (χ0) is 24.2. The van der Waals surface area contributed by atoms with E-state index in [0.717, 1.165) is 79.3 Å². The number of piperazine rings is 1. The van der Waals surface area contributed by atoms with E-state index in [-0.39, 0.29) is 5.82 Å². The summed E-state index contributed by atoms with van der Waals surface area (Å²) in [5.41, 5.74) is 4.46. The lowest BCUT2D eigenvalue weighted by molar-refractivity contribution is 0.254. The molecule has 1 aliphatic rings. The number of hydrogen-bond donors (Lipinski definition) is 1. The Morgan fingerprint density at radius 2 is 1.77 bits per heavy atom. The van der Waals surface area contributed by atoms with Crippen molar-refractivity contribution in [3.05, 3.63) is 84.3 Å². The fourth-order valence-electron chi connectivity index (χ4n) is 4.82. The zero-order valence-corrected chi connectivity index (χ0v) is 20.5. The summed E-state index contributed by atoms with van der Waals surface area (Å²) in [7, 11) is 4.07. The number of benzene rings is 3. The smallest absolute Gasteiger partial charge is 0.150 e. The maximum absolute atomic E-state index is 13.6. The third kappa shape index (κ3) is 5.43. The molecule has 5 rings (SSSR count). The van der Waals surface area contributed by atoms with Crippen molar-refractivity contribution >= 4 is 22.3 Å². The molecule has 0 radical (unpaired) electrons. The number of nitrogens with zero attached hydrogens (tertiary/aromatic N) is 3. The molecule has 0 unspecified atom stereocenters. The Bertz CT molecular complexity index is 1280. The number of aryl methyl sites for hydroxylation is 1. The van der Waals surface area contributed by atoms with Gasteiger partial charge >= 0.3 is 0 Å². The number of aromatic nitrogens is 1. The third-order valence-corrected chi connectivity index (χ3v) is 6.79. The monoisotopic (exact) mass is 472 g/mol. The fraction of sp³-hybridized carbons (Fsp3) is 0.310. The molecule has 1 fully saturated rings. The van der Waals surface area contributed by atoms with Crippen molar-refractivity contribution in [3.8, 4) is 11.5 Å². The quantitative estimate of drug-likeness (QED) is 0.345. The molecule has 0 saturated carbocycles. The first kappa shape index (κ1) is 23.2. The summed E-state index contributed by atoms with van der Waals surface area (Å²) in [6.07, 6.45) is 4.03. The first-order valence-corrected chi connectivity index (χ1v) is 12.3. The normalized spacial score (nSPS) is 14.4. The van der Waals surface area contributed by atoms with Crippen LogP contribution >= 0.6 is 0 Å². The van der Waals surface area contributed by atoms with Crippen LogP contribution in [0.5, 0.6) is 11.5 Å². The predicted octanol–water partition coefficient (Wildman–Crippen LogP) is 5.92. The van der Waals surface area contributed by atoms with E-state index in [1.165, 1.54) is 11.6 Å². The lowest BCUT2D eigenvalue weighted by atomic mass is 10.1. The molecule has 0 spiro atoms. The molecular formula is C29H33FN4O. The van der Waals surface area contributed by atoms with Crippen LogP contribution in [0.1, 0.15) is 12.0 Å². The van der Waals surface area contributed by atoms with E-state index in [4.69, 9.17) is 4.74 Å². The number of fused-ring (bicyclic) bond motifs is 1. The summed E-state index contributed by atoms with van der Waals surface area (Å²) in [6, 6.07) is 21.4. The number of hydrogen-bond acceptors (Lipinski definition) is 4. The molecule has 2 heterocycles. The third-order valence-electron chi connectivity index (χ3n) is 6.79. The van der Waals surface area contributed by atoms with Gasteiger partial charge in [0.05, 0.1) is 5.69 Å². The van der Waals surface area contributed by atoms with Crippen molar-refractivity contribution in [2.45, 2.75) is 12.8 Å². The number of aromatic amines is 1. The molecule has 182 valence electrons. The molecule has 0 atom stereocenters.